The van der Waals surface area contributed by atoms with Gasteiger partial charge in [0.25, 0.3) is 0 Å². The van der Waals surface area contributed by atoms with E-state index in [2.05, 4.69) is 6.92 Å². The van der Waals surface area contributed by atoms with Gasteiger partial charge in [-0.15, -0.1) is 0 Å². The fourth-order valence-electron chi connectivity index (χ4n) is 5.91. The predicted molar refractivity (Wildman–Crippen MR) is 217 cm³/mol. The van der Waals surface area contributed by atoms with Crippen molar-refractivity contribution in [1.82, 2.24) is 0 Å². The molecule has 1 rings (SSSR count). The minimum Gasteiger partial charge on any atom is -0.379 e. The molecule has 0 aliphatic carbocycles. The summed E-state index contributed by atoms with van der Waals surface area (Å²) in [6, 6.07) is 0. The van der Waals surface area contributed by atoms with Gasteiger partial charge in [-0.3, -0.25) is 0 Å². The van der Waals surface area contributed by atoms with E-state index in [0.29, 0.717) is 132 Å². The van der Waals surface area contributed by atoms with Crippen molar-refractivity contribution in [2.45, 2.75) is 135 Å². The topological polar surface area (TPSA) is 111 Å². The van der Waals surface area contributed by atoms with E-state index in [1.165, 1.54) is 103 Å². The Morgan fingerprint density at radius 3 is 0.873 bits per heavy atom. The van der Waals surface area contributed by atoms with Gasteiger partial charge in [-0.25, -0.2) is 0 Å². The molecule has 12 nitrogen and oxygen atoms in total. The van der Waals surface area contributed by atoms with Gasteiger partial charge >= 0.3 is 0 Å². The van der Waals surface area contributed by atoms with Crippen LogP contribution in [0.2, 0.25) is 0 Å². The standard InChI is InChI=1S/C43H86O12/c1-2-3-4-5-6-7-8-9-10-11-12-13-14-15-16-18-21-44-23-24-45-25-26-46-27-28-47-29-30-48-31-32-49-33-34-50-35-36-51-37-38-52-39-40-53-41-42-55-43-20-17-19-22-54-43/h43H,2-42H2,1H3. The Morgan fingerprint density at radius 1 is 0.309 bits per heavy atom. The van der Waals surface area contributed by atoms with Crippen LogP contribution in [0.4, 0.5) is 0 Å². The second kappa shape index (κ2) is 47.9. The maximum Gasteiger partial charge on any atom is 0.157 e. The normalized spacial score (nSPS) is 14.7. The van der Waals surface area contributed by atoms with E-state index in [9.17, 15) is 0 Å². The average molecular weight is 795 g/mol. The number of unbranched alkanes of at least 4 members (excludes halogenated alkanes) is 15. The lowest BCUT2D eigenvalue weighted by atomic mass is 10.0. The summed E-state index contributed by atoms with van der Waals surface area (Å²) in [7, 11) is 0. The first kappa shape index (κ1) is 52.5. The lowest BCUT2D eigenvalue weighted by Crippen LogP contribution is -2.24. The molecule has 1 atom stereocenters. The van der Waals surface area contributed by atoms with Crippen molar-refractivity contribution in [1.29, 1.82) is 0 Å². The molecule has 1 unspecified atom stereocenters. The molecular formula is C43H86O12. The summed E-state index contributed by atoms with van der Waals surface area (Å²) in [5, 5.41) is 0. The smallest absolute Gasteiger partial charge is 0.157 e. The molecule has 0 spiro atoms. The summed E-state index contributed by atoms with van der Waals surface area (Å²) >= 11 is 0. The van der Waals surface area contributed by atoms with Gasteiger partial charge in [-0.2, -0.15) is 0 Å². The molecule has 330 valence electrons. The van der Waals surface area contributed by atoms with Crippen molar-refractivity contribution in [2.24, 2.45) is 0 Å². The first-order chi connectivity index (χ1) is 27.4. The molecule has 1 saturated heterocycles. The Hall–Kier alpha value is -0.480. The Kier molecular flexibility index (Phi) is 45.7. The van der Waals surface area contributed by atoms with Crippen molar-refractivity contribution in [3.63, 3.8) is 0 Å². The van der Waals surface area contributed by atoms with Crippen LogP contribution in [0.25, 0.3) is 0 Å². The van der Waals surface area contributed by atoms with Crippen LogP contribution in [0.5, 0.6) is 0 Å². The van der Waals surface area contributed by atoms with E-state index in [-0.39, 0.29) is 6.29 Å². The number of hydrogen-bond donors (Lipinski definition) is 0. The summed E-state index contributed by atoms with van der Waals surface area (Å²) in [6.45, 7) is 14.9. The van der Waals surface area contributed by atoms with Crippen LogP contribution in [-0.4, -0.2) is 152 Å². The van der Waals surface area contributed by atoms with E-state index in [0.717, 1.165) is 32.5 Å². The summed E-state index contributed by atoms with van der Waals surface area (Å²) in [5.41, 5.74) is 0. The van der Waals surface area contributed by atoms with Crippen molar-refractivity contribution >= 4 is 0 Å². The molecule has 0 aromatic rings. The lowest BCUT2D eigenvalue weighted by molar-refractivity contribution is -0.169. The zero-order chi connectivity index (χ0) is 39.1. The highest BCUT2D eigenvalue weighted by Gasteiger charge is 2.13. The molecule has 0 radical (unpaired) electrons. The largest absolute Gasteiger partial charge is 0.379 e. The van der Waals surface area contributed by atoms with Crippen LogP contribution in [0.15, 0.2) is 0 Å². The summed E-state index contributed by atoms with van der Waals surface area (Å²) in [5.74, 6) is 0. The molecule has 0 N–H and O–H groups in total. The van der Waals surface area contributed by atoms with Gasteiger partial charge in [0.2, 0.25) is 0 Å². The van der Waals surface area contributed by atoms with E-state index in [4.69, 9.17) is 56.8 Å². The van der Waals surface area contributed by atoms with Crippen molar-refractivity contribution < 1.29 is 56.8 Å². The van der Waals surface area contributed by atoms with Gasteiger partial charge in [-0.05, 0) is 25.7 Å². The number of hydrogen-bond acceptors (Lipinski definition) is 12. The van der Waals surface area contributed by atoms with Crippen LogP contribution in [-0.2, 0) is 56.8 Å². The van der Waals surface area contributed by atoms with Gasteiger partial charge in [-0.1, -0.05) is 103 Å². The second-order valence-electron chi connectivity index (χ2n) is 14.1. The Bertz CT molecular complexity index is 686. The molecule has 0 amide bonds. The Balaban J connectivity index is 1.59. The van der Waals surface area contributed by atoms with Crippen LogP contribution in [0.1, 0.15) is 129 Å². The molecule has 0 aromatic carbocycles. The molecule has 1 fully saturated rings. The van der Waals surface area contributed by atoms with E-state index in [1.54, 1.807) is 0 Å². The molecule has 1 aliphatic heterocycles. The van der Waals surface area contributed by atoms with Gasteiger partial charge in [0.1, 0.15) is 0 Å². The number of ether oxygens (including phenoxy) is 12. The van der Waals surface area contributed by atoms with Crippen molar-refractivity contribution in [2.75, 3.05) is 145 Å². The van der Waals surface area contributed by atoms with Crippen LogP contribution < -0.4 is 0 Å². The highest BCUT2D eigenvalue weighted by atomic mass is 16.7. The van der Waals surface area contributed by atoms with Crippen LogP contribution in [0.3, 0.4) is 0 Å². The average Bonchev–Trinajstić information content (AvgIpc) is 3.21. The summed E-state index contributed by atoms with van der Waals surface area (Å²) in [4.78, 5) is 0. The zero-order valence-corrected chi connectivity index (χ0v) is 35.5. The van der Waals surface area contributed by atoms with Crippen molar-refractivity contribution in [3.8, 4) is 0 Å². The molecule has 0 aromatic heterocycles. The molecular weight excluding hydrogens is 708 g/mol. The molecule has 0 bridgehead atoms. The maximum atomic E-state index is 5.70. The molecule has 55 heavy (non-hydrogen) atoms. The number of rotatable bonds is 48. The minimum absolute atomic E-state index is 0.0628. The quantitative estimate of drug-likeness (QED) is 0.0558. The Labute approximate surface area is 336 Å². The minimum atomic E-state index is -0.0628. The van der Waals surface area contributed by atoms with Gasteiger partial charge in [0, 0.05) is 13.2 Å². The van der Waals surface area contributed by atoms with E-state index >= 15 is 0 Å². The monoisotopic (exact) mass is 795 g/mol. The lowest BCUT2D eigenvalue weighted by Gasteiger charge is -2.22. The van der Waals surface area contributed by atoms with Gasteiger partial charge < -0.3 is 56.8 Å². The first-order valence-electron chi connectivity index (χ1n) is 22.4. The van der Waals surface area contributed by atoms with Crippen LogP contribution >= 0.6 is 0 Å². The second-order valence-corrected chi connectivity index (χ2v) is 14.1. The van der Waals surface area contributed by atoms with Crippen LogP contribution in [0, 0.1) is 0 Å². The predicted octanol–water partition coefficient (Wildman–Crippen LogP) is 7.96. The molecule has 12 heteroatoms. The molecule has 1 heterocycles. The highest BCUT2D eigenvalue weighted by Crippen LogP contribution is 2.14. The van der Waals surface area contributed by atoms with E-state index < -0.39 is 0 Å². The highest BCUT2D eigenvalue weighted by molar-refractivity contribution is 4.54. The first-order valence-corrected chi connectivity index (χ1v) is 22.4. The Morgan fingerprint density at radius 2 is 0.582 bits per heavy atom. The van der Waals surface area contributed by atoms with Gasteiger partial charge in [0.15, 0.2) is 6.29 Å². The van der Waals surface area contributed by atoms with E-state index in [1.807, 2.05) is 0 Å². The zero-order valence-electron chi connectivity index (χ0n) is 35.5. The third-order valence-corrected chi connectivity index (χ3v) is 9.16. The fourth-order valence-corrected chi connectivity index (χ4v) is 5.91. The fraction of sp³-hybridized carbons (Fsp3) is 1.00. The summed E-state index contributed by atoms with van der Waals surface area (Å²) < 4.78 is 66.6. The van der Waals surface area contributed by atoms with Gasteiger partial charge in [0.05, 0.1) is 132 Å². The SMILES string of the molecule is CCCCCCCCCCCCCCCCCCOCCOCCOCCOCCOCCOCCOCCOCCOCCOCCOC1CCCCO1. The maximum absolute atomic E-state index is 5.70. The van der Waals surface area contributed by atoms with Crippen molar-refractivity contribution in [3.05, 3.63) is 0 Å². The summed E-state index contributed by atoms with van der Waals surface area (Å²) in [6.07, 6.45) is 25.4. The molecule has 0 saturated carbocycles. The third kappa shape index (κ3) is 44.5. The molecule has 1 aliphatic rings. The third-order valence-electron chi connectivity index (χ3n) is 9.16.